The lowest BCUT2D eigenvalue weighted by Gasteiger charge is -2.12. The van der Waals surface area contributed by atoms with Crippen molar-refractivity contribution < 1.29 is 9.13 Å². The Morgan fingerprint density at radius 2 is 1.69 bits per heavy atom. The molecule has 7 nitrogen and oxygen atoms in total. The highest BCUT2D eigenvalue weighted by Gasteiger charge is 2.13. The molecule has 0 amide bonds. The van der Waals surface area contributed by atoms with Gasteiger partial charge in [-0.25, -0.2) is 14.4 Å². The summed E-state index contributed by atoms with van der Waals surface area (Å²) < 4.78 is 20.6. The topological polar surface area (TPSA) is 113 Å². The molecule has 0 atom stereocenters. The number of benzene rings is 2. The molecule has 144 valence electrons. The van der Waals surface area contributed by atoms with E-state index in [1.165, 1.54) is 18.5 Å². The van der Waals surface area contributed by atoms with Gasteiger partial charge in [0.2, 0.25) is 0 Å². The Balaban J connectivity index is 1.70. The second-order valence-electron chi connectivity index (χ2n) is 6.34. The van der Waals surface area contributed by atoms with Crippen molar-refractivity contribution in [3.05, 3.63) is 72.4 Å². The number of para-hydroxylation sites is 1. The molecule has 0 bridgehead atoms. The van der Waals surface area contributed by atoms with E-state index in [1.54, 1.807) is 31.2 Å². The Kier molecular flexibility index (Phi) is 4.74. The normalized spacial score (nSPS) is 10.7. The molecule has 2 aromatic carbocycles. The van der Waals surface area contributed by atoms with Crippen molar-refractivity contribution in [3.63, 3.8) is 0 Å². The Bertz CT molecular complexity index is 1160. The molecule has 0 saturated heterocycles. The first-order chi connectivity index (χ1) is 14.0. The van der Waals surface area contributed by atoms with Crippen molar-refractivity contribution in [2.75, 3.05) is 11.5 Å². The summed E-state index contributed by atoms with van der Waals surface area (Å²) in [4.78, 5) is 16.4. The number of nitrogens with zero attached hydrogens (tertiary/aromatic N) is 4. The lowest BCUT2D eigenvalue weighted by molar-refractivity contribution is 0.443. The van der Waals surface area contributed by atoms with Gasteiger partial charge >= 0.3 is 6.01 Å². The fraction of sp³-hybridized carbons (Fsp3) is 0.0476. The first-order valence-electron chi connectivity index (χ1n) is 8.75. The molecule has 0 saturated carbocycles. The zero-order chi connectivity index (χ0) is 20.4. The van der Waals surface area contributed by atoms with Crippen molar-refractivity contribution >= 4 is 11.6 Å². The Morgan fingerprint density at radius 3 is 2.41 bits per heavy atom. The van der Waals surface area contributed by atoms with Crippen LogP contribution in [0.3, 0.4) is 0 Å². The predicted octanol–water partition coefficient (Wildman–Crippen LogP) is 4.00. The van der Waals surface area contributed by atoms with Crippen molar-refractivity contribution in [3.8, 4) is 34.1 Å². The average Bonchev–Trinajstić information content (AvgIpc) is 2.68. The quantitative estimate of drug-likeness (QED) is 0.543. The van der Waals surface area contributed by atoms with E-state index in [0.29, 0.717) is 39.6 Å². The summed E-state index contributed by atoms with van der Waals surface area (Å²) >= 11 is 0. The van der Waals surface area contributed by atoms with E-state index in [1.807, 2.05) is 18.2 Å². The lowest BCUT2D eigenvalue weighted by Crippen LogP contribution is -1.99. The SMILES string of the molecule is Cc1cc(N)nc(Oc2ccccc2-c2ccc(-c3cnc(N)cn3)c(F)c2)n1. The smallest absolute Gasteiger partial charge is 0.324 e. The second-order valence-corrected chi connectivity index (χ2v) is 6.34. The molecule has 0 aliphatic heterocycles. The van der Waals surface area contributed by atoms with Crippen LogP contribution in [-0.2, 0) is 0 Å². The maximum absolute atomic E-state index is 14.8. The number of aromatic nitrogens is 4. The molecule has 4 aromatic rings. The van der Waals surface area contributed by atoms with Gasteiger partial charge in [0.15, 0.2) is 0 Å². The Hall–Kier alpha value is -4.07. The molecule has 4 rings (SSSR count). The maximum atomic E-state index is 14.8. The number of hydrogen-bond donors (Lipinski definition) is 2. The Labute approximate surface area is 166 Å². The highest BCUT2D eigenvalue weighted by Crippen LogP contribution is 2.34. The molecular weight excluding hydrogens is 371 g/mol. The van der Waals surface area contributed by atoms with Crippen molar-refractivity contribution in [1.29, 1.82) is 0 Å². The van der Waals surface area contributed by atoms with Gasteiger partial charge in [0.1, 0.15) is 23.2 Å². The number of ether oxygens (including phenoxy) is 1. The van der Waals surface area contributed by atoms with Gasteiger partial charge in [-0.15, -0.1) is 0 Å². The van der Waals surface area contributed by atoms with Crippen molar-refractivity contribution in [2.45, 2.75) is 6.92 Å². The van der Waals surface area contributed by atoms with Crippen LogP contribution in [-0.4, -0.2) is 19.9 Å². The largest absolute Gasteiger partial charge is 0.424 e. The molecule has 0 fully saturated rings. The summed E-state index contributed by atoms with van der Waals surface area (Å²) in [5, 5.41) is 0. The summed E-state index contributed by atoms with van der Waals surface area (Å²) in [5.74, 6) is 0.630. The van der Waals surface area contributed by atoms with Crippen LogP contribution in [0.25, 0.3) is 22.4 Å². The van der Waals surface area contributed by atoms with Gasteiger partial charge in [-0.05, 0) is 30.7 Å². The molecule has 2 aromatic heterocycles. The number of rotatable bonds is 4. The highest BCUT2D eigenvalue weighted by atomic mass is 19.1. The molecule has 0 unspecified atom stereocenters. The maximum Gasteiger partial charge on any atom is 0.324 e. The van der Waals surface area contributed by atoms with Crippen LogP contribution >= 0.6 is 0 Å². The van der Waals surface area contributed by atoms with E-state index in [2.05, 4.69) is 19.9 Å². The van der Waals surface area contributed by atoms with Crippen molar-refractivity contribution in [1.82, 2.24) is 19.9 Å². The van der Waals surface area contributed by atoms with E-state index >= 15 is 0 Å². The summed E-state index contributed by atoms with van der Waals surface area (Å²) in [7, 11) is 0. The van der Waals surface area contributed by atoms with Gasteiger partial charge in [0.05, 0.1) is 18.1 Å². The van der Waals surface area contributed by atoms with E-state index in [4.69, 9.17) is 16.2 Å². The second kappa shape index (κ2) is 7.51. The lowest BCUT2D eigenvalue weighted by atomic mass is 10.0. The number of hydrogen-bond acceptors (Lipinski definition) is 7. The number of aryl methyl sites for hydroxylation is 1. The average molecular weight is 388 g/mol. The third kappa shape index (κ3) is 3.96. The number of halogens is 1. The van der Waals surface area contributed by atoms with Gasteiger partial charge < -0.3 is 16.2 Å². The Morgan fingerprint density at radius 1 is 0.862 bits per heavy atom. The van der Waals surface area contributed by atoms with Gasteiger partial charge in [-0.1, -0.05) is 24.3 Å². The molecule has 2 heterocycles. The van der Waals surface area contributed by atoms with Gasteiger partial charge in [-0.2, -0.15) is 4.98 Å². The standard InChI is InChI=1S/C21H17FN6O/c1-12-8-19(23)28-21(27-12)29-18-5-3-2-4-14(18)13-6-7-15(16(22)9-13)17-10-26-20(24)11-25-17/h2-11H,1H3,(H2,24,26)(H2,23,27,28). The van der Waals surface area contributed by atoms with E-state index in [0.717, 1.165) is 0 Å². The monoisotopic (exact) mass is 388 g/mol. The number of nitrogen functional groups attached to an aromatic ring is 2. The first-order valence-corrected chi connectivity index (χ1v) is 8.75. The van der Waals surface area contributed by atoms with Crippen LogP contribution < -0.4 is 16.2 Å². The predicted molar refractivity (Wildman–Crippen MR) is 109 cm³/mol. The fourth-order valence-corrected chi connectivity index (χ4v) is 2.87. The van der Waals surface area contributed by atoms with Gasteiger partial charge in [0, 0.05) is 22.9 Å². The zero-order valence-corrected chi connectivity index (χ0v) is 15.5. The molecule has 0 aliphatic rings. The third-order valence-electron chi connectivity index (χ3n) is 4.17. The third-order valence-corrected chi connectivity index (χ3v) is 4.17. The molecule has 0 spiro atoms. The van der Waals surface area contributed by atoms with Crippen molar-refractivity contribution in [2.24, 2.45) is 0 Å². The van der Waals surface area contributed by atoms with Crippen LogP contribution in [0.5, 0.6) is 11.8 Å². The van der Waals surface area contributed by atoms with Crippen LogP contribution in [0.15, 0.2) is 60.9 Å². The number of anilines is 2. The minimum atomic E-state index is -0.438. The summed E-state index contributed by atoms with van der Waals surface area (Å²) in [5.41, 5.74) is 14.0. The van der Waals surface area contributed by atoms with Crippen LogP contribution in [0, 0.1) is 12.7 Å². The molecule has 0 radical (unpaired) electrons. The van der Waals surface area contributed by atoms with E-state index in [-0.39, 0.29) is 11.8 Å². The molecule has 8 heteroatoms. The summed E-state index contributed by atoms with van der Waals surface area (Å²) in [6, 6.07) is 13.9. The first kappa shape index (κ1) is 18.3. The minimum absolute atomic E-state index is 0.129. The van der Waals surface area contributed by atoms with Crippen LogP contribution in [0.2, 0.25) is 0 Å². The summed E-state index contributed by atoms with van der Waals surface area (Å²) in [6.45, 7) is 1.80. The molecule has 29 heavy (non-hydrogen) atoms. The van der Waals surface area contributed by atoms with Crippen LogP contribution in [0.4, 0.5) is 16.0 Å². The molecule has 0 aliphatic carbocycles. The molecular formula is C21H17FN6O. The summed E-state index contributed by atoms with van der Waals surface area (Å²) in [6.07, 6.45) is 2.82. The highest BCUT2D eigenvalue weighted by molar-refractivity contribution is 5.73. The van der Waals surface area contributed by atoms with Crippen LogP contribution in [0.1, 0.15) is 5.69 Å². The minimum Gasteiger partial charge on any atom is -0.424 e. The van der Waals surface area contributed by atoms with E-state index < -0.39 is 5.82 Å². The molecule has 4 N–H and O–H groups in total. The fourth-order valence-electron chi connectivity index (χ4n) is 2.87. The number of nitrogens with two attached hydrogens (primary N) is 2. The van der Waals surface area contributed by atoms with Gasteiger partial charge in [0.25, 0.3) is 0 Å². The van der Waals surface area contributed by atoms with Gasteiger partial charge in [-0.3, -0.25) is 4.98 Å². The zero-order valence-electron chi connectivity index (χ0n) is 15.5. The van der Waals surface area contributed by atoms with E-state index in [9.17, 15) is 4.39 Å².